The number of nitrogens with one attached hydrogen (secondary N) is 1. The zero-order chi connectivity index (χ0) is 15.7. The first-order valence-corrected chi connectivity index (χ1v) is 7.46. The van der Waals surface area contributed by atoms with E-state index in [0.29, 0.717) is 6.54 Å². The van der Waals surface area contributed by atoms with E-state index in [1.165, 1.54) is 5.56 Å². The number of hydrogen-bond donors (Lipinski definition) is 2. The van der Waals surface area contributed by atoms with Gasteiger partial charge < -0.3 is 15.8 Å². The van der Waals surface area contributed by atoms with E-state index in [9.17, 15) is 4.79 Å². The first-order valence-electron chi connectivity index (χ1n) is 7.46. The lowest BCUT2D eigenvalue weighted by Gasteiger charge is -2.18. The molecule has 0 aromatic heterocycles. The Bertz CT molecular complexity index is 429. The molecule has 0 saturated heterocycles. The van der Waals surface area contributed by atoms with Crippen LogP contribution in [0.25, 0.3) is 0 Å². The minimum absolute atomic E-state index is 0.0766. The van der Waals surface area contributed by atoms with E-state index in [2.05, 4.69) is 30.1 Å². The monoisotopic (exact) mass is 293 g/mol. The van der Waals surface area contributed by atoms with Gasteiger partial charge in [-0.05, 0) is 30.8 Å². The Kier molecular flexibility index (Phi) is 7.97. The summed E-state index contributed by atoms with van der Waals surface area (Å²) in [7, 11) is 1.56. The number of ether oxygens (including phenoxy) is 1. The quantitative estimate of drug-likeness (QED) is 0.729. The van der Waals surface area contributed by atoms with Gasteiger partial charge in [0.2, 0.25) is 5.91 Å². The summed E-state index contributed by atoms with van der Waals surface area (Å²) >= 11 is 0. The van der Waals surface area contributed by atoms with Crippen LogP contribution in [0.5, 0.6) is 0 Å². The molecule has 0 fully saturated rings. The zero-order valence-electron chi connectivity index (χ0n) is 13.3. The normalized spacial score (nSPS) is 12.4. The van der Waals surface area contributed by atoms with E-state index >= 15 is 0 Å². The van der Waals surface area contributed by atoms with Crippen LogP contribution in [-0.4, -0.2) is 43.7 Å². The van der Waals surface area contributed by atoms with Crippen LogP contribution in [-0.2, 0) is 16.1 Å². The fraction of sp³-hybridized carbons (Fsp3) is 0.562. The van der Waals surface area contributed by atoms with Gasteiger partial charge in [0.05, 0.1) is 12.5 Å². The molecular formula is C16H27N3O2. The maximum absolute atomic E-state index is 11.9. The van der Waals surface area contributed by atoms with Gasteiger partial charge in [-0.1, -0.05) is 26.0 Å². The van der Waals surface area contributed by atoms with Gasteiger partial charge >= 0.3 is 0 Å². The molecule has 0 saturated carbocycles. The van der Waals surface area contributed by atoms with Crippen molar-refractivity contribution in [3.63, 3.8) is 0 Å². The van der Waals surface area contributed by atoms with Gasteiger partial charge in [0.25, 0.3) is 0 Å². The highest BCUT2D eigenvalue weighted by Crippen LogP contribution is 2.13. The van der Waals surface area contributed by atoms with Crippen molar-refractivity contribution in [3.8, 4) is 0 Å². The molecule has 0 spiro atoms. The van der Waals surface area contributed by atoms with Crippen molar-refractivity contribution >= 4 is 11.6 Å². The summed E-state index contributed by atoms with van der Waals surface area (Å²) in [6, 6.07) is 7.95. The third-order valence-corrected chi connectivity index (χ3v) is 3.52. The maximum atomic E-state index is 11.9. The summed E-state index contributed by atoms with van der Waals surface area (Å²) in [6.45, 7) is 7.55. The molecule has 0 radical (unpaired) electrons. The van der Waals surface area contributed by atoms with Crippen LogP contribution in [0, 0.1) is 0 Å². The molecule has 1 aromatic carbocycles. The summed E-state index contributed by atoms with van der Waals surface area (Å²) < 4.78 is 5.12. The minimum Gasteiger partial charge on any atom is -0.380 e. The van der Waals surface area contributed by atoms with Crippen molar-refractivity contribution in [2.24, 2.45) is 5.73 Å². The highest BCUT2D eigenvalue weighted by Gasteiger charge is 2.11. The van der Waals surface area contributed by atoms with Crippen LogP contribution < -0.4 is 11.1 Å². The molecule has 118 valence electrons. The largest absolute Gasteiger partial charge is 0.380 e. The van der Waals surface area contributed by atoms with E-state index in [4.69, 9.17) is 10.5 Å². The van der Waals surface area contributed by atoms with Crippen molar-refractivity contribution in [1.29, 1.82) is 0 Å². The van der Waals surface area contributed by atoms with Crippen LogP contribution in [0.3, 0.4) is 0 Å². The average molecular weight is 293 g/mol. The zero-order valence-corrected chi connectivity index (χ0v) is 13.3. The second kappa shape index (κ2) is 9.50. The Balaban J connectivity index is 2.61. The van der Waals surface area contributed by atoms with E-state index in [1.807, 2.05) is 18.2 Å². The number of hydrogen-bond acceptors (Lipinski definition) is 4. The molecule has 1 unspecified atom stereocenters. The second-order valence-corrected chi connectivity index (χ2v) is 5.01. The molecule has 0 aliphatic heterocycles. The third kappa shape index (κ3) is 6.25. The van der Waals surface area contributed by atoms with Crippen LogP contribution >= 0.6 is 0 Å². The molecule has 0 bridgehead atoms. The lowest BCUT2D eigenvalue weighted by Crippen LogP contribution is -2.28. The van der Waals surface area contributed by atoms with Crippen molar-refractivity contribution in [3.05, 3.63) is 29.8 Å². The summed E-state index contributed by atoms with van der Waals surface area (Å²) in [5.74, 6) is -0.0766. The number of nitrogens with two attached hydrogens (primary N) is 1. The van der Waals surface area contributed by atoms with Gasteiger partial charge in [-0.3, -0.25) is 9.69 Å². The Morgan fingerprint density at radius 3 is 2.67 bits per heavy atom. The lowest BCUT2D eigenvalue weighted by molar-refractivity contribution is -0.118. The smallest absolute Gasteiger partial charge is 0.227 e. The summed E-state index contributed by atoms with van der Waals surface area (Å²) in [4.78, 5) is 14.3. The summed E-state index contributed by atoms with van der Waals surface area (Å²) in [5.41, 5.74) is 7.53. The van der Waals surface area contributed by atoms with Crippen molar-refractivity contribution in [2.45, 2.75) is 32.9 Å². The molecular weight excluding hydrogens is 266 g/mol. The molecule has 1 aromatic rings. The Morgan fingerprint density at radius 2 is 2.10 bits per heavy atom. The van der Waals surface area contributed by atoms with Gasteiger partial charge in [0.1, 0.15) is 0 Å². The highest BCUT2D eigenvalue weighted by molar-refractivity contribution is 5.91. The Morgan fingerprint density at radius 1 is 1.38 bits per heavy atom. The topological polar surface area (TPSA) is 67.6 Å². The van der Waals surface area contributed by atoms with Crippen molar-refractivity contribution in [2.75, 3.05) is 32.1 Å². The standard InChI is InChI=1S/C16H27N3O2/c1-4-19(5-2)12-13-7-6-8-14(9-13)18-16(20)10-15(11-17)21-3/h6-9,15H,4-5,10-12,17H2,1-3H3,(H,18,20). The molecule has 3 N–H and O–H groups in total. The number of rotatable bonds is 9. The number of anilines is 1. The van der Waals surface area contributed by atoms with E-state index < -0.39 is 0 Å². The van der Waals surface area contributed by atoms with Crippen LogP contribution in [0.4, 0.5) is 5.69 Å². The number of amides is 1. The van der Waals surface area contributed by atoms with E-state index in [-0.39, 0.29) is 18.4 Å². The Labute approximate surface area is 127 Å². The van der Waals surface area contributed by atoms with Gasteiger partial charge in [0, 0.05) is 25.9 Å². The van der Waals surface area contributed by atoms with Gasteiger partial charge in [-0.2, -0.15) is 0 Å². The summed E-state index contributed by atoms with van der Waals surface area (Å²) in [5, 5.41) is 2.90. The molecule has 0 aliphatic rings. The van der Waals surface area contributed by atoms with Crippen LogP contribution in [0.15, 0.2) is 24.3 Å². The molecule has 5 nitrogen and oxygen atoms in total. The first-order chi connectivity index (χ1) is 10.1. The third-order valence-electron chi connectivity index (χ3n) is 3.52. The molecule has 1 rings (SSSR count). The molecule has 0 heterocycles. The molecule has 0 aliphatic carbocycles. The van der Waals surface area contributed by atoms with E-state index in [1.54, 1.807) is 7.11 Å². The number of nitrogens with zero attached hydrogens (tertiary/aromatic N) is 1. The number of carbonyl (C=O) groups excluding carboxylic acids is 1. The fourth-order valence-electron chi connectivity index (χ4n) is 2.13. The number of benzene rings is 1. The predicted molar refractivity (Wildman–Crippen MR) is 86.2 cm³/mol. The average Bonchev–Trinajstić information content (AvgIpc) is 2.50. The highest BCUT2D eigenvalue weighted by atomic mass is 16.5. The maximum Gasteiger partial charge on any atom is 0.227 e. The number of methoxy groups -OCH3 is 1. The Hall–Kier alpha value is -1.43. The lowest BCUT2D eigenvalue weighted by atomic mass is 10.1. The second-order valence-electron chi connectivity index (χ2n) is 5.01. The molecule has 1 amide bonds. The fourth-order valence-corrected chi connectivity index (χ4v) is 2.13. The van der Waals surface area contributed by atoms with Crippen LogP contribution in [0.2, 0.25) is 0 Å². The minimum atomic E-state index is -0.233. The SMILES string of the molecule is CCN(CC)Cc1cccc(NC(=O)CC(CN)OC)c1. The predicted octanol–water partition coefficient (Wildman–Crippen LogP) is 1.83. The summed E-state index contributed by atoms with van der Waals surface area (Å²) in [6.07, 6.45) is 0.0386. The van der Waals surface area contributed by atoms with Crippen molar-refractivity contribution in [1.82, 2.24) is 4.90 Å². The van der Waals surface area contributed by atoms with Gasteiger partial charge in [-0.15, -0.1) is 0 Å². The molecule has 5 heteroatoms. The molecule has 21 heavy (non-hydrogen) atoms. The van der Waals surface area contributed by atoms with Gasteiger partial charge in [-0.25, -0.2) is 0 Å². The first kappa shape index (κ1) is 17.6. The number of carbonyl (C=O) groups is 1. The van der Waals surface area contributed by atoms with Crippen LogP contribution in [0.1, 0.15) is 25.8 Å². The van der Waals surface area contributed by atoms with E-state index in [0.717, 1.165) is 25.3 Å². The molecule has 1 atom stereocenters. The van der Waals surface area contributed by atoms with Gasteiger partial charge in [0.15, 0.2) is 0 Å². The van der Waals surface area contributed by atoms with Crippen molar-refractivity contribution < 1.29 is 9.53 Å².